The van der Waals surface area contributed by atoms with E-state index in [-0.39, 0.29) is 5.69 Å². The van der Waals surface area contributed by atoms with Crippen molar-refractivity contribution in [3.8, 4) is 0 Å². The number of allylic oxidation sites excluding steroid dienone is 1. The van der Waals surface area contributed by atoms with E-state index in [2.05, 4.69) is 11.6 Å². The molecule has 12 heavy (non-hydrogen) atoms. The third-order valence-corrected chi connectivity index (χ3v) is 1.51. The third kappa shape index (κ3) is 1.67. The van der Waals surface area contributed by atoms with Crippen molar-refractivity contribution >= 4 is 0 Å². The molecule has 0 spiro atoms. The number of halogens is 2. The summed E-state index contributed by atoms with van der Waals surface area (Å²) in [5.74, 6) is -3.02. The number of hydrogen-bond acceptors (Lipinski definition) is 1. The predicted molar refractivity (Wildman–Crippen MR) is 43.1 cm³/mol. The van der Waals surface area contributed by atoms with Crippen molar-refractivity contribution in [3.63, 3.8) is 0 Å². The molecule has 1 heterocycles. The van der Waals surface area contributed by atoms with Crippen LogP contribution in [0.3, 0.4) is 0 Å². The Bertz CT molecular complexity index is 277. The molecule has 0 unspecified atom stereocenters. The van der Waals surface area contributed by atoms with Crippen LogP contribution in [0.2, 0.25) is 0 Å². The van der Waals surface area contributed by atoms with Crippen molar-refractivity contribution in [1.82, 2.24) is 4.98 Å². The van der Waals surface area contributed by atoms with E-state index in [1.807, 2.05) is 0 Å². The molecule has 64 valence electrons. The van der Waals surface area contributed by atoms with Gasteiger partial charge in [0.05, 0.1) is 0 Å². The molecule has 0 aliphatic carbocycles. The Kier molecular flexibility index (Phi) is 2.22. The van der Waals surface area contributed by atoms with Crippen molar-refractivity contribution in [1.29, 1.82) is 0 Å². The van der Waals surface area contributed by atoms with Crippen LogP contribution in [-0.4, -0.2) is 4.98 Å². The first-order valence-corrected chi connectivity index (χ1v) is 3.51. The quantitative estimate of drug-likeness (QED) is 0.620. The van der Waals surface area contributed by atoms with Gasteiger partial charge in [-0.2, -0.15) is 8.78 Å². The fourth-order valence-electron chi connectivity index (χ4n) is 0.770. The van der Waals surface area contributed by atoms with Crippen LogP contribution in [0.5, 0.6) is 0 Å². The molecular formula is C9H9F2N. The minimum absolute atomic E-state index is 0.261. The summed E-state index contributed by atoms with van der Waals surface area (Å²) in [5.41, 5.74) is 0.599. The van der Waals surface area contributed by atoms with E-state index in [4.69, 9.17) is 0 Å². The average molecular weight is 169 g/mol. The van der Waals surface area contributed by atoms with Gasteiger partial charge in [0.1, 0.15) is 5.69 Å². The van der Waals surface area contributed by atoms with Crippen LogP contribution < -0.4 is 0 Å². The maximum absolute atomic E-state index is 12.8. The maximum Gasteiger partial charge on any atom is 0.307 e. The zero-order valence-corrected chi connectivity index (χ0v) is 6.72. The van der Waals surface area contributed by atoms with Gasteiger partial charge in [-0.1, -0.05) is 12.6 Å². The van der Waals surface area contributed by atoms with Crippen molar-refractivity contribution in [2.24, 2.45) is 0 Å². The minimum Gasteiger partial charge on any atom is -0.254 e. The lowest BCUT2D eigenvalue weighted by atomic mass is 10.2. The topological polar surface area (TPSA) is 12.9 Å². The van der Waals surface area contributed by atoms with E-state index in [0.29, 0.717) is 6.08 Å². The summed E-state index contributed by atoms with van der Waals surface area (Å²) in [6.45, 7) is 4.84. The molecule has 0 saturated carbocycles. The average Bonchev–Trinajstić information content (AvgIpc) is 2.05. The van der Waals surface area contributed by atoms with Crippen molar-refractivity contribution in [2.75, 3.05) is 0 Å². The maximum atomic E-state index is 12.8. The molecule has 1 nitrogen and oxygen atoms in total. The number of nitrogens with zero attached hydrogens (tertiary/aromatic N) is 1. The highest BCUT2D eigenvalue weighted by atomic mass is 19.3. The van der Waals surface area contributed by atoms with Crippen molar-refractivity contribution < 1.29 is 8.78 Å². The second kappa shape index (κ2) is 3.01. The molecule has 0 aliphatic rings. The summed E-state index contributed by atoms with van der Waals surface area (Å²) in [6.07, 6.45) is 2.00. The van der Waals surface area contributed by atoms with Crippen LogP contribution >= 0.6 is 0 Å². The minimum atomic E-state index is -3.02. The van der Waals surface area contributed by atoms with Crippen LogP contribution in [0.25, 0.3) is 0 Å². The molecule has 0 aliphatic heterocycles. The molecule has 1 aromatic rings. The molecule has 0 N–H and O–H groups in total. The molecule has 0 radical (unpaired) electrons. The van der Waals surface area contributed by atoms with Crippen LogP contribution in [0, 0.1) is 6.92 Å². The Hall–Kier alpha value is -1.25. The van der Waals surface area contributed by atoms with Crippen LogP contribution in [0.1, 0.15) is 11.3 Å². The Balaban J connectivity index is 3.04. The summed E-state index contributed by atoms with van der Waals surface area (Å²) < 4.78 is 25.7. The Morgan fingerprint density at radius 1 is 1.50 bits per heavy atom. The highest BCUT2D eigenvalue weighted by Crippen LogP contribution is 2.26. The first-order valence-electron chi connectivity index (χ1n) is 3.51. The van der Waals surface area contributed by atoms with Crippen LogP contribution in [-0.2, 0) is 5.92 Å². The standard InChI is InChI=1S/C9H9F2N/c1-3-9(10,11)8-5-4-7(2)6-12-8/h3-6H,1H2,2H3. The molecule has 0 bridgehead atoms. The van der Waals surface area contributed by atoms with Gasteiger partial charge < -0.3 is 0 Å². The molecule has 0 aromatic carbocycles. The fourth-order valence-corrected chi connectivity index (χ4v) is 0.770. The summed E-state index contributed by atoms with van der Waals surface area (Å²) >= 11 is 0. The number of hydrogen-bond donors (Lipinski definition) is 0. The van der Waals surface area contributed by atoms with Crippen molar-refractivity contribution in [2.45, 2.75) is 12.8 Å². The predicted octanol–water partition coefficient (Wildman–Crippen LogP) is 2.67. The fraction of sp³-hybridized carbons (Fsp3) is 0.222. The van der Waals surface area contributed by atoms with Gasteiger partial charge in [0.2, 0.25) is 0 Å². The lowest BCUT2D eigenvalue weighted by Gasteiger charge is -2.09. The largest absolute Gasteiger partial charge is 0.307 e. The van der Waals surface area contributed by atoms with Gasteiger partial charge in [-0.25, -0.2) is 0 Å². The normalized spacial score (nSPS) is 11.2. The molecule has 0 atom stereocenters. The summed E-state index contributed by atoms with van der Waals surface area (Å²) in [5, 5.41) is 0. The van der Waals surface area contributed by atoms with Gasteiger partial charge in [0.15, 0.2) is 0 Å². The Morgan fingerprint density at radius 2 is 2.17 bits per heavy atom. The summed E-state index contributed by atoms with van der Waals surface area (Å²) in [6, 6.07) is 2.90. The second-order valence-electron chi connectivity index (χ2n) is 2.55. The molecular weight excluding hydrogens is 160 g/mol. The Labute approximate surface area is 69.8 Å². The number of alkyl halides is 2. The zero-order chi connectivity index (χ0) is 9.19. The smallest absolute Gasteiger partial charge is 0.254 e. The number of pyridine rings is 1. The van der Waals surface area contributed by atoms with E-state index in [9.17, 15) is 8.78 Å². The molecule has 1 aromatic heterocycles. The highest BCUT2D eigenvalue weighted by molar-refractivity contribution is 5.19. The summed E-state index contributed by atoms with van der Waals surface area (Å²) in [7, 11) is 0. The van der Waals surface area contributed by atoms with E-state index >= 15 is 0 Å². The molecule has 0 fully saturated rings. The monoisotopic (exact) mass is 169 g/mol. The van der Waals surface area contributed by atoms with E-state index in [0.717, 1.165) is 5.56 Å². The number of rotatable bonds is 2. The number of aromatic nitrogens is 1. The van der Waals surface area contributed by atoms with Gasteiger partial charge in [-0.15, -0.1) is 0 Å². The van der Waals surface area contributed by atoms with Crippen molar-refractivity contribution in [3.05, 3.63) is 42.2 Å². The second-order valence-corrected chi connectivity index (χ2v) is 2.55. The van der Waals surface area contributed by atoms with E-state index in [1.54, 1.807) is 13.0 Å². The van der Waals surface area contributed by atoms with Gasteiger partial charge in [0, 0.05) is 6.20 Å². The van der Waals surface area contributed by atoms with Gasteiger partial charge >= 0.3 is 5.92 Å². The van der Waals surface area contributed by atoms with E-state index in [1.165, 1.54) is 12.3 Å². The Morgan fingerprint density at radius 3 is 2.58 bits per heavy atom. The van der Waals surface area contributed by atoms with Gasteiger partial charge in [-0.3, -0.25) is 4.98 Å². The van der Waals surface area contributed by atoms with Crippen LogP contribution in [0.4, 0.5) is 8.78 Å². The van der Waals surface area contributed by atoms with E-state index < -0.39 is 5.92 Å². The molecule has 1 rings (SSSR count). The first kappa shape index (κ1) is 8.84. The SMILES string of the molecule is C=CC(F)(F)c1ccc(C)cn1. The molecule has 3 heteroatoms. The lowest BCUT2D eigenvalue weighted by molar-refractivity contribution is 0.0476. The van der Waals surface area contributed by atoms with Gasteiger partial charge in [-0.05, 0) is 24.6 Å². The first-order chi connectivity index (χ1) is 5.56. The van der Waals surface area contributed by atoms with Gasteiger partial charge in [0.25, 0.3) is 0 Å². The highest BCUT2D eigenvalue weighted by Gasteiger charge is 2.28. The van der Waals surface area contributed by atoms with Crippen LogP contribution in [0.15, 0.2) is 31.0 Å². The third-order valence-electron chi connectivity index (χ3n) is 1.51. The molecule has 0 amide bonds. The lowest BCUT2D eigenvalue weighted by Crippen LogP contribution is -2.10. The molecule has 0 saturated heterocycles. The number of aryl methyl sites for hydroxylation is 1. The summed E-state index contributed by atoms with van der Waals surface area (Å²) in [4.78, 5) is 3.60. The zero-order valence-electron chi connectivity index (χ0n) is 6.72.